The monoisotopic (exact) mass is 211 g/mol. The van der Waals surface area contributed by atoms with Crippen LogP contribution in [0.15, 0.2) is 6.33 Å². The molecule has 1 atom stereocenters. The lowest BCUT2D eigenvalue weighted by molar-refractivity contribution is 0.0503. The minimum atomic E-state index is -0.0481. The van der Waals surface area contributed by atoms with Crippen molar-refractivity contribution in [3.63, 3.8) is 0 Å². The summed E-state index contributed by atoms with van der Waals surface area (Å²) in [7, 11) is 0. The number of hydrogen-bond acceptors (Lipinski definition) is 4. The minimum Gasteiger partial charge on any atom is -0.388 e. The predicted octanol–water partition coefficient (Wildman–Crippen LogP) is 0.758. The molecule has 0 bridgehead atoms. The number of hydrogen-bond donors (Lipinski definition) is 1. The summed E-state index contributed by atoms with van der Waals surface area (Å²) in [6.45, 7) is 3.78. The van der Waals surface area contributed by atoms with Crippen molar-refractivity contribution in [1.82, 2.24) is 14.8 Å². The summed E-state index contributed by atoms with van der Waals surface area (Å²) in [4.78, 5) is 0. The van der Waals surface area contributed by atoms with E-state index in [1.807, 2.05) is 4.57 Å². The van der Waals surface area contributed by atoms with E-state index >= 15 is 0 Å². The second kappa shape index (κ2) is 4.72. The van der Waals surface area contributed by atoms with Gasteiger partial charge in [0.25, 0.3) is 0 Å². The standard InChI is InChI=1S/C10H17N3O2/c1-8(9-2-4-15-5-3-9)13-7-11-12-10(13)6-14/h7-9,14H,2-6H2,1H3. The molecule has 5 nitrogen and oxygen atoms in total. The van der Waals surface area contributed by atoms with Crippen LogP contribution >= 0.6 is 0 Å². The molecule has 0 amide bonds. The fourth-order valence-corrected chi connectivity index (χ4v) is 2.15. The first-order valence-electron chi connectivity index (χ1n) is 5.40. The number of aliphatic hydroxyl groups is 1. The van der Waals surface area contributed by atoms with Crippen LogP contribution in [0.4, 0.5) is 0 Å². The second-order valence-corrected chi connectivity index (χ2v) is 4.00. The van der Waals surface area contributed by atoms with Crippen LogP contribution in [0.5, 0.6) is 0 Å². The number of aromatic nitrogens is 3. The van der Waals surface area contributed by atoms with Gasteiger partial charge >= 0.3 is 0 Å². The Morgan fingerprint density at radius 2 is 2.33 bits per heavy atom. The highest BCUT2D eigenvalue weighted by molar-refractivity contribution is 4.88. The Kier molecular flexibility index (Phi) is 3.33. The Balaban J connectivity index is 2.08. The van der Waals surface area contributed by atoms with Gasteiger partial charge in [-0.25, -0.2) is 0 Å². The van der Waals surface area contributed by atoms with Crippen LogP contribution in [0.25, 0.3) is 0 Å². The molecule has 15 heavy (non-hydrogen) atoms. The molecule has 2 heterocycles. The highest BCUT2D eigenvalue weighted by Crippen LogP contribution is 2.27. The van der Waals surface area contributed by atoms with Gasteiger partial charge in [-0.05, 0) is 25.7 Å². The quantitative estimate of drug-likeness (QED) is 0.801. The fraction of sp³-hybridized carbons (Fsp3) is 0.800. The van der Waals surface area contributed by atoms with Crippen molar-refractivity contribution in [3.05, 3.63) is 12.2 Å². The van der Waals surface area contributed by atoms with Gasteiger partial charge in [0.1, 0.15) is 12.9 Å². The molecule has 0 spiro atoms. The van der Waals surface area contributed by atoms with Gasteiger partial charge in [-0.1, -0.05) is 0 Å². The number of nitrogens with zero attached hydrogens (tertiary/aromatic N) is 3. The summed E-state index contributed by atoms with van der Waals surface area (Å²) in [5.41, 5.74) is 0. The largest absolute Gasteiger partial charge is 0.388 e. The third kappa shape index (κ3) is 2.18. The molecule has 1 fully saturated rings. The smallest absolute Gasteiger partial charge is 0.158 e. The number of rotatable bonds is 3. The Labute approximate surface area is 89.1 Å². The van der Waals surface area contributed by atoms with E-state index in [4.69, 9.17) is 9.84 Å². The van der Waals surface area contributed by atoms with E-state index in [0.29, 0.717) is 17.8 Å². The average molecular weight is 211 g/mol. The van der Waals surface area contributed by atoms with Gasteiger partial charge in [-0.3, -0.25) is 0 Å². The fourth-order valence-electron chi connectivity index (χ4n) is 2.15. The molecule has 0 radical (unpaired) electrons. The van der Waals surface area contributed by atoms with E-state index in [9.17, 15) is 0 Å². The Hall–Kier alpha value is -0.940. The molecule has 1 N–H and O–H groups in total. The SMILES string of the molecule is CC(C1CCOCC1)n1cnnc1CO. The van der Waals surface area contributed by atoms with Gasteiger partial charge < -0.3 is 14.4 Å². The zero-order valence-electron chi connectivity index (χ0n) is 8.96. The van der Waals surface area contributed by atoms with Crippen molar-refractivity contribution < 1.29 is 9.84 Å². The summed E-state index contributed by atoms with van der Waals surface area (Å²) in [5.74, 6) is 1.24. The van der Waals surface area contributed by atoms with Crippen LogP contribution in [0, 0.1) is 5.92 Å². The molecular formula is C10H17N3O2. The van der Waals surface area contributed by atoms with Gasteiger partial charge in [-0.15, -0.1) is 10.2 Å². The van der Waals surface area contributed by atoms with Crippen LogP contribution in [-0.4, -0.2) is 33.1 Å². The second-order valence-electron chi connectivity index (χ2n) is 4.00. The third-order valence-electron chi connectivity index (χ3n) is 3.18. The van der Waals surface area contributed by atoms with Crippen LogP contribution in [0.3, 0.4) is 0 Å². The highest BCUT2D eigenvalue weighted by atomic mass is 16.5. The molecule has 0 aliphatic carbocycles. The minimum absolute atomic E-state index is 0.0481. The molecular weight excluding hydrogens is 194 g/mol. The first-order valence-corrected chi connectivity index (χ1v) is 5.40. The molecule has 1 aromatic rings. The van der Waals surface area contributed by atoms with Gasteiger partial charge in [0, 0.05) is 19.3 Å². The normalized spacial score (nSPS) is 20.4. The molecule has 1 saturated heterocycles. The summed E-state index contributed by atoms with van der Waals surface area (Å²) < 4.78 is 7.30. The molecule has 1 aromatic heterocycles. The first kappa shape index (κ1) is 10.6. The van der Waals surface area contributed by atoms with Gasteiger partial charge in [0.15, 0.2) is 5.82 Å². The van der Waals surface area contributed by atoms with Gasteiger partial charge in [-0.2, -0.15) is 0 Å². The lowest BCUT2D eigenvalue weighted by Gasteiger charge is -2.28. The molecule has 0 aromatic carbocycles. The van der Waals surface area contributed by atoms with E-state index in [-0.39, 0.29) is 6.61 Å². The zero-order valence-corrected chi connectivity index (χ0v) is 8.96. The van der Waals surface area contributed by atoms with E-state index < -0.39 is 0 Å². The van der Waals surface area contributed by atoms with Crippen LogP contribution in [0.1, 0.15) is 31.6 Å². The molecule has 0 saturated carbocycles. The van der Waals surface area contributed by atoms with Crippen molar-refractivity contribution in [1.29, 1.82) is 0 Å². The predicted molar refractivity (Wildman–Crippen MR) is 54.2 cm³/mol. The molecule has 2 rings (SSSR count). The molecule has 1 unspecified atom stereocenters. The lowest BCUT2D eigenvalue weighted by Crippen LogP contribution is -2.24. The average Bonchev–Trinajstić information content (AvgIpc) is 2.77. The Bertz CT molecular complexity index is 307. The third-order valence-corrected chi connectivity index (χ3v) is 3.18. The van der Waals surface area contributed by atoms with Crippen LogP contribution in [0.2, 0.25) is 0 Å². The van der Waals surface area contributed by atoms with E-state index in [0.717, 1.165) is 26.1 Å². The zero-order chi connectivity index (χ0) is 10.7. The summed E-state index contributed by atoms with van der Waals surface area (Å²) in [6.07, 6.45) is 3.85. The van der Waals surface area contributed by atoms with Crippen LogP contribution in [-0.2, 0) is 11.3 Å². The molecule has 1 aliphatic rings. The van der Waals surface area contributed by atoms with Crippen molar-refractivity contribution >= 4 is 0 Å². The van der Waals surface area contributed by atoms with E-state index in [1.54, 1.807) is 6.33 Å². The van der Waals surface area contributed by atoms with Crippen LogP contribution < -0.4 is 0 Å². The maximum absolute atomic E-state index is 9.11. The van der Waals surface area contributed by atoms with Crippen molar-refractivity contribution in [3.8, 4) is 0 Å². The summed E-state index contributed by atoms with van der Waals surface area (Å²) in [6, 6.07) is 0.339. The Morgan fingerprint density at radius 1 is 1.60 bits per heavy atom. The molecule has 84 valence electrons. The van der Waals surface area contributed by atoms with Crippen molar-refractivity contribution in [2.75, 3.05) is 13.2 Å². The topological polar surface area (TPSA) is 60.2 Å². The highest BCUT2D eigenvalue weighted by Gasteiger charge is 2.23. The number of ether oxygens (including phenoxy) is 1. The van der Waals surface area contributed by atoms with E-state index in [1.165, 1.54) is 0 Å². The van der Waals surface area contributed by atoms with Gasteiger partial charge in [0.2, 0.25) is 0 Å². The number of aliphatic hydroxyl groups excluding tert-OH is 1. The molecule has 1 aliphatic heterocycles. The van der Waals surface area contributed by atoms with E-state index in [2.05, 4.69) is 17.1 Å². The summed E-state index contributed by atoms with van der Waals surface area (Å²) in [5, 5.41) is 16.8. The van der Waals surface area contributed by atoms with Gasteiger partial charge in [0.05, 0.1) is 0 Å². The van der Waals surface area contributed by atoms with Crippen molar-refractivity contribution in [2.24, 2.45) is 5.92 Å². The lowest BCUT2D eigenvalue weighted by atomic mass is 9.93. The molecule has 5 heteroatoms. The Morgan fingerprint density at radius 3 is 3.00 bits per heavy atom. The van der Waals surface area contributed by atoms with Crippen molar-refractivity contribution in [2.45, 2.75) is 32.4 Å². The maximum atomic E-state index is 9.11. The summed E-state index contributed by atoms with van der Waals surface area (Å²) >= 11 is 0. The maximum Gasteiger partial charge on any atom is 0.158 e. The first-order chi connectivity index (χ1) is 7.33.